The lowest BCUT2D eigenvalue weighted by molar-refractivity contribution is -0.138. The van der Waals surface area contributed by atoms with Gasteiger partial charge in [0, 0.05) is 11.6 Å². The highest BCUT2D eigenvalue weighted by molar-refractivity contribution is 6.30. The van der Waals surface area contributed by atoms with Crippen LogP contribution in [0.5, 0.6) is 5.75 Å². The minimum absolute atomic E-state index is 0.0168. The number of rotatable bonds is 4. The van der Waals surface area contributed by atoms with Gasteiger partial charge in [0.1, 0.15) is 5.75 Å². The maximum absolute atomic E-state index is 12.1. The van der Waals surface area contributed by atoms with E-state index >= 15 is 0 Å². The average molecular weight is 284 g/mol. The number of piperidine rings is 1. The van der Waals surface area contributed by atoms with Gasteiger partial charge in [-0.2, -0.15) is 0 Å². The standard InChI is InChI=1S/C14H18ClNO3/c15-11-4-3-6-13(8-11)19-10-14(18)16-7-2-1-5-12(16)9-17/h3-4,6,8,12,17H,1-2,5,7,9-10H2. The minimum atomic E-state index is -0.0845. The molecular weight excluding hydrogens is 266 g/mol. The first-order chi connectivity index (χ1) is 9.20. The van der Waals surface area contributed by atoms with Gasteiger partial charge >= 0.3 is 0 Å². The molecule has 1 fully saturated rings. The highest BCUT2D eigenvalue weighted by Crippen LogP contribution is 2.19. The lowest BCUT2D eigenvalue weighted by Crippen LogP contribution is -2.47. The summed E-state index contributed by atoms with van der Waals surface area (Å²) < 4.78 is 5.44. The van der Waals surface area contributed by atoms with Gasteiger partial charge in [0.25, 0.3) is 5.91 Å². The molecule has 1 aliphatic heterocycles. The predicted octanol–water partition coefficient (Wildman–Crippen LogP) is 2.09. The van der Waals surface area contributed by atoms with Crippen LogP contribution >= 0.6 is 11.6 Å². The second-order valence-electron chi connectivity index (χ2n) is 4.67. The molecule has 0 aliphatic carbocycles. The van der Waals surface area contributed by atoms with E-state index in [1.54, 1.807) is 29.2 Å². The fraction of sp³-hybridized carbons (Fsp3) is 0.500. The van der Waals surface area contributed by atoms with Gasteiger partial charge in [0.05, 0.1) is 12.6 Å². The van der Waals surface area contributed by atoms with Crippen molar-refractivity contribution in [2.75, 3.05) is 19.8 Å². The lowest BCUT2D eigenvalue weighted by atomic mass is 10.0. The summed E-state index contributed by atoms with van der Waals surface area (Å²) in [5.74, 6) is 0.497. The summed E-state index contributed by atoms with van der Waals surface area (Å²) in [7, 11) is 0. The zero-order valence-electron chi connectivity index (χ0n) is 10.7. The predicted molar refractivity (Wildman–Crippen MR) is 73.4 cm³/mol. The number of likely N-dealkylation sites (tertiary alicyclic amines) is 1. The van der Waals surface area contributed by atoms with E-state index in [1.807, 2.05) is 0 Å². The third-order valence-corrected chi connectivity index (χ3v) is 3.55. The molecule has 1 unspecified atom stereocenters. The summed E-state index contributed by atoms with van der Waals surface area (Å²) in [4.78, 5) is 13.8. The number of halogens is 1. The quantitative estimate of drug-likeness (QED) is 0.920. The summed E-state index contributed by atoms with van der Waals surface area (Å²) in [5.41, 5.74) is 0. The highest BCUT2D eigenvalue weighted by atomic mass is 35.5. The monoisotopic (exact) mass is 283 g/mol. The molecule has 1 aromatic rings. The van der Waals surface area contributed by atoms with Crippen LogP contribution in [0.1, 0.15) is 19.3 Å². The molecule has 4 nitrogen and oxygen atoms in total. The molecule has 5 heteroatoms. The van der Waals surface area contributed by atoms with Gasteiger partial charge in [-0.25, -0.2) is 0 Å². The molecule has 1 atom stereocenters. The number of carbonyl (C=O) groups excluding carboxylic acids is 1. The Morgan fingerprint density at radius 2 is 2.32 bits per heavy atom. The SMILES string of the molecule is O=C(COc1cccc(Cl)c1)N1CCCCC1CO. The molecule has 1 aliphatic rings. The van der Waals surface area contributed by atoms with E-state index in [4.69, 9.17) is 16.3 Å². The van der Waals surface area contributed by atoms with Crippen molar-refractivity contribution in [1.82, 2.24) is 4.90 Å². The topological polar surface area (TPSA) is 49.8 Å². The summed E-state index contributed by atoms with van der Waals surface area (Å²) in [6, 6.07) is 6.90. The van der Waals surface area contributed by atoms with Gasteiger partial charge in [0.15, 0.2) is 6.61 Å². The highest BCUT2D eigenvalue weighted by Gasteiger charge is 2.26. The number of hydrogen-bond donors (Lipinski definition) is 1. The van der Waals surface area contributed by atoms with Gasteiger partial charge in [-0.05, 0) is 37.5 Å². The molecule has 1 aromatic carbocycles. The summed E-state index contributed by atoms with van der Waals surface area (Å²) in [6.45, 7) is 0.697. The van der Waals surface area contributed by atoms with Crippen LogP contribution in [-0.2, 0) is 4.79 Å². The van der Waals surface area contributed by atoms with Crippen LogP contribution in [0.2, 0.25) is 5.02 Å². The Morgan fingerprint density at radius 1 is 1.47 bits per heavy atom. The van der Waals surface area contributed by atoms with Crippen molar-refractivity contribution in [2.45, 2.75) is 25.3 Å². The van der Waals surface area contributed by atoms with Crippen LogP contribution in [0.4, 0.5) is 0 Å². The smallest absolute Gasteiger partial charge is 0.260 e. The number of benzene rings is 1. The number of hydrogen-bond acceptors (Lipinski definition) is 3. The Bertz CT molecular complexity index is 438. The molecule has 0 aromatic heterocycles. The number of aliphatic hydroxyl groups excluding tert-OH is 1. The first-order valence-corrected chi connectivity index (χ1v) is 6.87. The third kappa shape index (κ3) is 3.85. The van der Waals surface area contributed by atoms with Crippen molar-refractivity contribution in [3.8, 4) is 5.75 Å². The van der Waals surface area contributed by atoms with Crippen LogP contribution in [0.15, 0.2) is 24.3 Å². The lowest BCUT2D eigenvalue weighted by Gasteiger charge is -2.34. The minimum Gasteiger partial charge on any atom is -0.484 e. The molecule has 1 amide bonds. The Morgan fingerprint density at radius 3 is 3.05 bits per heavy atom. The Hall–Kier alpha value is -1.26. The van der Waals surface area contributed by atoms with Crippen molar-refractivity contribution in [2.24, 2.45) is 0 Å². The van der Waals surface area contributed by atoms with Gasteiger partial charge in [0.2, 0.25) is 0 Å². The largest absolute Gasteiger partial charge is 0.484 e. The van der Waals surface area contributed by atoms with E-state index in [0.717, 1.165) is 19.3 Å². The van der Waals surface area contributed by atoms with E-state index in [9.17, 15) is 9.90 Å². The normalized spacial score (nSPS) is 19.3. The summed E-state index contributed by atoms with van der Waals surface area (Å²) in [6.07, 6.45) is 2.91. The Labute approximate surface area is 117 Å². The Balaban J connectivity index is 1.89. The average Bonchev–Trinajstić information content (AvgIpc) is 2.45. The molecule has 1 heterocycles. The zero-order valence-corrected chi connectivity index (χ0v) is 11.5. The molecule has 1 saturated heterocycles. The molecular formula is C14H18ClNO3. The van der Waals surface area contributed by atoms with Crippen LogP contribution in [0.3, 0.4) is 0 Å². The maximum atomic E-state index is 12.1. The molecule has 0 spiro atoms. The van der Waals surface area contributed by atoms with Crippen LogP contribution < -0.4 is 4.74 Å². The van der Waals surface area contributed by atoms with Crippen molar-refractivity contribution in [3.63, 3.8) is 0 Å². The second-order valence-corrected chi connectivity index (χ2v) is 5.10. The maximum Gasteiger partial charge on any atom is 0.260 e. The van der Waals surface area contributed by atoms with Gasteiger partial charge in [-0.1, -0.05) is 17.7 Å². The number of amides is 1. The first kappa shape index (κ1) is 14.2. The van der Waals surface area contributed by atoms with E-state index < -0.39 is 0 Å². The van der Waals surface area contributed by atoms with Crippen molar-refractivity contribution >= 4 is 17.5 Å². The number of carbonyl (C=O) groups is 1. The third-order valence-electron chi connectivity index (χ3n) is 3.32. The molecule has 0 saturated carbocycles. The van der Waals surface area contributed by atoms with E-state index in [-0.39, 0.29) is 25.2 Å². The molecule has 19 heavy (non-hydrogen) atoms. The molecule has 2 rings (SSSR count). The van der Waals surface area contributed by atoms with Crippen molar-refractivity contribution in [3.05, 3.63) is 29.3 Å². The fourth-order valence-electron chi connectivity index (χ4n) is 2.30. The summed E-state index contributed by atoms with van der Waals surface area (Å²) in [5, 5.41) is 9.86. The van der Waals surface area contributed by atoms with Crippen LogP contribution in [0, 0.1) is 0 Å². The zero-order chi connectivity index (χ0) is 13.7. The molecule has 104 valence electrons. The van der Waals surface area contributed by atoms with E-state index in [2.05, 4.69) is 0 Å². The molecule has 1 N–H and O–H groups in total. The van der Waals surface area contributed by atoms with Gasteiger partial charge < -0.3 is 14.7 Å². The molecule has 0 bridgehead atoms. The Kier molecular flexibility index (Phi) is 5.05. The van der Waals surface area contributed by atoms with Gasteiger partial charge in [-0.15, -0.1) is 0 Å². The second kappa shape index (κ2) is 6.78. The van der Waals surface area contributed by atoms with Crippen LogP contribution in [-0.4, -0.2) is 41.7 Å². The van der Waals surface area contributed by atoms with E-state index in [0.29, 0.717) is 17.3 Å². The molecule has 0 radical (unpaired) electrons. The summed E-state index contributed by atoms with van der Waals surface area (Å²) >= 11 is 5.85. The first-order valence-electron chi connectivity index (χ1n) is 6.49. The number of nitrogens with zero attached hydrogens (tertiary/aromatic N) is 1. The fourth-order valence-corrected chi connectivity index (χ4v) is 2.48. The van der Waals surface area contributed by atoms with E-state index in [1.165, 1.54) is 0 Å². The van der Waals surface area contributed by atoms with Gasteiger partial charge in [-0.3, -0.25) is 4.79 Å². The number of aliphatic hydroxyl groups is 1. The number of ether oxygens (including phenoxy) is 1. The van der Waals surface area contributed by atoms with Crippen molar-refractivity contribution < 1.29 is 14.6 Å². The van der Waals surface area contributed by atoms with Crippen molar-refractivity contribution in [1.29, 1.82) is 0 Å². The van der Waals surface area contributed by atoms with Crippen LogP contribution in [0.25, 0.3) is 0 Å².